The van der Waals surface area contributed by atoms with E-state index in [0.717, 1.165) is 11.8 Å². The monoisotopic (exact) mass is 429 g/mol. The van der Waals surface area contributed by atoms with Gasteiger partial charge >= 0.3 is 6.18 Å². The Bertz CT molecular complexity index is 844. The molecule has 5 nitrogen and oxygen atoms in total. The van der Waals surface area contributed by atoms with Crippen LogP contribution in [-0.4, -0.2) is 35.5 Å². The molecule has 0 saturated carbocycles. The summed E-state index contributed by atoms with van der Waals surface area (Å²) in [5, 5.41) is 6.75. The Kier molecular flexibility index (Phi) is 7.89. The average Bonchev–Trinajstić information content (AvgIpc) is 2.66. The van der Waals surface area contributed by atoms with E-state index in [9.17, 15) is 27.2 Å². The van der Waals surface area contributed by atoms with E-state index < -0.39 is 29.7 Å². The highest BCUT2D eigenvalue weighted by Crippen LogP contribution is 2.24. The highest BCUT2D eigenvalue weighted by molar-refractivity contribution is 8.01. The van der Waals surface area contributed by atoms with Gasteiger partial charge in [0.1, 0.15) is 12.4 Å². The molecule has 2 rings (SSSR count). The van der Waals surface area contributed by atoms with Crippen molar-refractivity contribution in [3.05, 3.63) is 54.3 Å². The van der Waals surface area contributed by atoms with Crippen LogP contribution in [0.4, 0.5) is 34.6 Å². The molecule has 1 atom stereocenters. The number of benzene rings is 2. The zero-order valence-corrected chi connectivity index (χ0v) is 16.2. The Morgan fingerprint density at radius 3 is 2.24 bits per heavy atom. The van der Waals surface area contributed by atoms with Gasteiger partial charge in [-0.15, -0.1) is 11.8 Å². The van der Waals surface area contributed by atoms with Crippen molar-refractivity contribution in [2.75, 3.05) is 28.2 Å². The number of carbonyl (C=O) groups excluding carboxylic acids is 2. The summed E-state index contributed by atoms with van der Waals surface area (Å²) >= 11 is 1.06. The summed E-state index contributed by atoms with van der Waals surface area (Å²) in [6.07, 6.45) is -4.39. The number of halogens is 4. The first-order chi connectivity index (χ1) is 13.6. The molecule has 2 aromatic rings. The van der Waals surface area contributed by atoms with E-state index in [4.69, 9.17) is 0 Å². The molecule has 0 saturated heterocycles. The molecule has 2 amide bonds. The van der Waals surface area contributed by atoms with Gasteiger partial charge in [-0.1, -0.05) is 12.1 Å². The lowest BCUT2D eigenvalue weighted by atomic mass is 10.2. The van der Waals surface area contributed by atoms with Crippen LogP contribution in [0.25, 0.3) is 0 Å². The molecule has 10 heteroatoms. The predicted molar refractivity (Wildman–Crippen MR) is 107 cm³/mol. The zero-order valence-electron chi connectivity index (χ0n) is 15.3. The third-order valence-electron chi connectivity index (χ3n) is 3.63. The van der Waals surface area contributed by atoms with E-state index in [0.29, 0.717) is 5.69 Å². The molecule has 156 valence electrons. The summed E-state index contributed by atoms with van der Waals surface area (Å²) in [6, 6.07) is 11.3. The number of hydrogen-bond donors (Lipinski definition) is 3. The quantitative estimate of drug-likeness (QED) is 0.541. The molecule has 0 aliphatic heterocycles. The van der Waals surface area contributed by atoms with E-state index in [1.165, 1.54) is 36.4 Å². The van der Waals surface area contributed by atoms with E-state index in [-0.39, 0.29) is 23.0 Å². The Labute approximate surface area is 169 Å². The molecule has 0 aromatic heterocycles. The molecule has 3 N–H and O–H groups in total. The second-order valence-corrected chi connectivity index (χ2v) is 7.34. The fourth-order valence-electron chi connectivity index (χ4n) is 2.18. The largest absolute Gasteiger partial charge is 0.405 e. The molecule has 0 aliphatic carbocycles. The van der Waals surface area contributed by atoms with E-state index in [1.54, 1.807) is 19.1 Å². The fraction of sp³-hybridized carbons (Fsp3) is 0.263. The molecule has 1 unspecified atom stereocenters. The van der Waals surface area contributed by atoms with Gasteiger partial charge in [-0.25, -0.2) is 4.39 Å². The van der Waals surface area contributed by atoms with Gasteiger partial charge in [-0.3, -0.25) is 9.59 Å². The summed E-state index contributed by atoms with van der Waals surface area (Å²) in [4.78, 5) is 24.3. The van der Waals surface area contributed by atoms with E-state index in [2.05, 4.69) is 16.0 Å². The van der Waals surface area contributed by atoms with Crippen LogP contribution in [0, 0.1) is 5.82 Å². The summed E-state index contributed by atoms with van der Waals surface area (Å²) in [7, 11) is 0. The van der Waals surface area contributed by atoms with Gasteiger partial charge in [0.15, 0.2) is 0 Å². The average molecular weight is 429 g/mol. The summed E-state index contributed by atoms with van der Waals surface area (Å²) in [5.74, 6) is -1.27. The van der Waals surface area contributed by atoms with Crippen LogP contribution in [0.3, 0.4) is 0 Å². The summed E-state index contributed by atoms with van der Waals surface area (Å²) in [6.45, 7) is 0.352. The molecule has 29 heavy (non-hydrogen) atoms. The fourth-order valence-corrected chi connectivity index (χ4v) is 2.87. The van der Waals surface area contributed by atoms with Gasteiger partial charge in [0, 0.05) is 5.69 Å². The van der Waals surface area contributed by atoms with Crippen molar-refractivity contribution in [3.63, 3.8) is 0 Å². The number of nitrogens with one attached hydrogen (secondary N) is 3. The SMILES string of the molecule is CC(SCC(=O)Nc1ccc(F)cc1)C(=O)Nc1ccccc1NCC(F)(F)F. The van der Waals surface area contributed by atoms with Crippen LogP contribution < -0.4 is 16.0 Å². The number of para-hydroxylation sites is 2. The van der Waals surface area contributed by atoms with Crippen molar-refractivity contribution in [1.82, 2.24) is 0 Å². The molecule has 0 aliphatic rings. The van der Waals surface area contributed by atoms with Gasteiger partial charge in [0.2, 0.25) is 11.8 Å². The molecular weight excluding hydrogens is 410 g/mol. The maximum Gasteiger partial charge on any atom is 0.405 e. The van der Waals surface area contributed by atoms with Gasteiger partial charge in [-0.2, -0.15) is 13.2 Å². The number of hydrogen-bond acceptors (Lipinski definition) is 4. The predicted octanol–water partition coefficient (Wildman–Crippen LogP) is 4.50. The second-order valence-electron chi connectivity index (χ2n) is 6.01. The number of rotatable bonds is 8. The number of alkyl halides is 3. The van der Waals surface area contributed by atoms with Gasteiger partial charge in [0.05, 0.1) is 22.4 Å². The molecular formula is C19H19F4N3O2S. The minimum atomic E-state index is -4.39. The third kappa shape index (κ3) is 8.02. The zero-order chi connectivity index (χ0) is 21.4. The maximum absolute atomic E-state index is 12.9. The van der Waals surface area contributed by atoms with Crippen LogP contribution in [0.5, 0.6) is 0 Å². The molecule has 0 heterocycles. The van der Waals surface area contributed by atoms with Crippen molar-refractivity contribution >= 4 is 40.6 Å². The molecule has 0 bridgehead atoms. The standard InChI is InChI=1S/C19H19F4N3O2S/c1-12(29-10-17(27)25-14-8-6-13(20)7-9-14)18(28)26-16-5-3-2-4-15(16)24-11-19(21,22)23/h2-9,12,24H,10-11H2,1H3,(H,25,27)(H,26,28). The third-order valence-corrected chi connectivity index (χ3v) is 4.77. The first-order valence-corrected chi connectivity index (χ1v) is 9.56. The van der Waals surface area contributed by atoms with Gasteiger partial charge < -0.3 is 16.0 Å². The minimum absolute atomic E-state index is 0.0278. The number of anilines is 3. The van der Waals surface area contributed by atoms with E-state index >= 15 is 0 Å². The molecule has 0 fully saturated rings. The Morgan fingerprint density at radius 2 is 1.62 bits per heavy atom. The van der Waals surface area contributed by atoms with Crippen LogP contribution in [0.2, 0.25) is 0 Å². The molecule has 0 spiro atoms. The second kappa shape index (κ2) is 10.1. The van der Waals surface area contributed by atoms with Crippen molar-refractivity contribution in [2.24, 2.45) is 0 Å². The van der Waals surface area contributed by atoms with Crippen molar-refractivity contribution < 1.29 is 27.2 Å². The lowest BCUT2D eigenvalue weighted by Gasteiger charge is -2.16. The Morgan fingerprint density at radius 1 is 1.00 bits per heavy atom. The maximum atomic E-state index is 12.9. The van der Waals surface area contributed by atoms with Crippen molar-refractivity contribution in [1.29, 1.82) is 0 Å². The van der Waals surface area contributed by atoms with Crippen molar-refractivity contribution in [3.8, 4) is 0 Å². The van der Waals surface area contributed by atoms with Crippen LogP contribution in [0.1, 0.15) is 6.92 Å². The number of thioether (sulfide) groups is 1. The smallest absolute Gasteiger partial charge is 0.375 e. The first-order valence-electron chi connectivity index (χ1n) is 8.51. The molecule has 0 radical (unpaired) electrons. The lowest BCUT2D eigenvalue weighted by Crippen LogP contribution is -2.26. The van der Waals surface area contributed by atoms with Crippen molar-refractivity contribution in [2.45, 2.75) is 18.3 Å². The van der Waals surface area contributed by atoms with Crippen LogP contribution >= 0.6 is 11.8 Å². The number of carbonyl (C=O) groups is 2. The topological polar surface area (TPSA) is 70.2 Å². The minimum Gasteiger partial charge on any atom is -0.375 e. The summed E-state index contributed by atoms with van der Waals surface area (Å²) in [5.41, 5.74) is 0.785. The summed E-state index contributed by atoms with van der Waals surface area (Å²) < 4.78 is 50.1. The highest BCUT2D eigenvalue weighted by Gasteiger charge is 2.27. The van der Waals surface area contributed by atoms with Crippen LogP contribution in [-0.2, 0) is 9.59 Å². The van der Waals surface area contributed by atoms with Gasteiger partial charge in [-0.05, 0) is 43.3 Å². The molecule has 2 aromatic carbocycles. The van der Waals surface area contributed by atoms with Crippen LogP contribution in [0.15, 0.2) is 48.5 Å². The Balaban J connectivity index is 1.86. The first kappa shape index (κ1) is 22.5. The van der Waals surface area contributed by atoms with Gasteiger partial charge in [0.25, 0.3) is 0 Å². The number of amides is 2. The highest BCUT2D eigenvalue weighted by atomic mass is 32.2. The van der Waals surface area contributed by atoms with E-state index in [1.807, 2.05) is 0 Å². The lowest BCUT2D eigenvalue weighted by molar-refractivity contribution is -0.115. The normalized spacial score (nSPS) is 12.2. The Hall–Kier alpha value is -2.75.